The van der Waals surface area contributed by atoms with Crippen LogP contribution in [0.3, 0.4) is 0 Å². The SMILES string of the molecule is CC(C)COCCNC(=O)COC(C)C. The van der Waals surface area contributed by atoms with Crippen LogP contribution in [-0.2, 0) is 14.3 Å². The molecule has 0 rings (SSSR count). The van der Waals surface area contributed by atoms with E-state index in [2.05, 4.69) is 19.2 Å². The zero-order valence-corrected chi connectivity index (χ0v) is 10.2. The molecular formula is C11H23NO3. The molecule has 0 aromatic heterocycles. The number of nitrogens with one attached hydrogen (secondary N) is 1. The first-order chi connectivity index (χ1) is 7.02. The first-order valence-corrected chi connectivity index (χ1v) is 5.48. The van der Waals surface area contributed by atoms with Crippen molar-refractivity contribution in [1.29, 1.82) is 0 Å². The predicted molar refractivity (Wildman–Crippen MR) is 59.8 cm³/mol. The Bertz CT molecular complexity index is 169. The highest BCUT2D eigenvalue weighted by Crippen LogP contribution is 1.91. The van der Waals surface area contributed by atoms with Gasteiger partial charge in [-0.05, 0) is 19.8 Å². The van der Waals surface area contributed by atoms with Crippen LogP contribution >= 0.6 is 0 Å². The Kier molecular flexibility index (Phi) is 8.33. The first-order valence-electron chi connectivity index (χ1n) is 5.48. The van der Waals surface area contributed by atoms with Gasteiger partial charge in [0.25, 0.3) is 0 Å². The van der Waals surface area contributed by atoms with Crippen molar-refractivity contribution in [3.63, 3.8) is 0 Å². The van der Waals surface area contributed by atoms with Gasteiger partial charge in [-0.3, -0.25) is 4.79 Å². The van der Waals surface area contributed by atoms with E-state index in [1.807, 2.05) is 13.8 Å². The van der Waals surface area contributed by atoms with Crippen molar-refractivity contribution in [1.82, 2.24) is 5.32 Å². The van der Waals surface area contributed by atoms with Gasteiger partial charge in [0.15, 0.2) is 0 Å². The summed E-state index contributed by atoms with van der Waals surface area (Å²) in [6.07, 6.45) is 0.0907. The van der Waals surface area contributed by atoms with Crippen molar-refractivity contribution in [3.05, 3.63) is 0 Å². The second kappa shape index (κ2) is 8.68. The normalized spacial score (nSPS) is 11.1. The molecule has 4 heteroatoms. The lowest BCUT2D eigenvalue weighted by molar-refractivity contribution is -0.127. The summed E-state index contributed by atoms with van der Waals surface area (Å²) in [5.74, 6) is 0.446. The van der Waals surface area contributed by atoms with E-state index < -0.39 is 0 Å². The standard InChI is InChI=1S/C11H23NO3/c1-9(2)7-14-6-5-12-11(13)8-15-10(3)4/h9-10H,5-8H2,1-4H3,(H,12,13). The van der Waals surface area contributed by atoms with Crippen LogP contribution in [0.25, 0.3) is 0 Å². The predicted octanol–water partition coefficient (Wildman–Crippen LogP) is 1.20. The van der Waals surface area contributed by atoms with Gasteiger partial charge < -0.3 is 14.8 Å². The Balaban J connectivity index is 3.24. The molecule has 0 bridgehead atoms. The van der Waals surface area contributed by atoms with Crippen LogP contribution in [0.15, 0.2) is 0 Å². The molecule has 15 heavy (non-hydrogen) atoms. The number of hydrogen-bond donors (Lipinski definition) is 1. The Labute approximate surface area is 92.3 Å². The summed E-state index contributed by atoms with van der Waals surface area (Å²) >= 11 is 0. The van der Waals surface area contributed by atoms with Gasteiger partial charge >= 0.3 is 0 Å². The van der Waals surface area contributed by atoms with Gasteiger partial charge in [0.05, 0.1) is 12.7 Å². The molecule has 0 atom stereocenters. The summed E-state index contributed by atoms with van der Waals surface area (Å²) in [6, 6.07) is 0. The second-order valence-electron chi connectivity index (χ2n) is 4.18. The number of amides is 1. The fourth-order valence-electron chi connectivity index (χ4n) is 0.875. The summed E-state index contributed by atoms with van der Waals surface area (Å²) in [6.45, 7) is 9.96. The molecule has 0 unspecified atom stereocenters. The number of ether oxygens (including phenoxy) is 2. The van der Waals surface area contributed by atoms with E-state index in [-0.39, 0.29) is 18.6 Å². The molecular weight excluding hydrogens is 194 g/mol. The topological polar surface area (TPSA) is 47.6 Å². The number of carbonyl (C=O) groups is 1. The number of rotatable bonds is 8. The average molecular weight is 217 g/mol. The van der Waals surface area contributed by atoms with Crippen LogP contribution in [0.2, 0.25) is 0 Å². The average Bonchev–Trinajstić information content (AvgIpc) is 2.13. The van der Waals surface area contributed by atoms with Crippen molar-refractivity contribution >= 4 is 5.91 Å². The largest absolute Gasteiger partial charge is 0.379 e. The third kappa shape index (κ3) is 11.3. The first kappa shape index (κ1) is 14.4. The second-order valence-corrected chi connectivity index (χ2v) is 4.18. The molecule has 0 aliphatic heterocycles. The van der Waals surface area contributed by atoms with Crippen LogP contribution in [-0.4, -0.2) is 38.4 Å². The molecule has 0 aliphatic carbocycles. The van der Waals surface area contributed by atoms with E-state index in [9.17, 15) is 4.79 Å². The smallest absolute Gasteiger partial charge is 0.246 e. The summed E-state index contributed by atoms with van der Waals surface area (Å²) in [5, 5.41) is 2.72. The van der Waals surface area contributed by atoms with Gasteiger partial charge in [0, 0.05) is 13.2 Å². The summed E-state index contributed by atoms with van der Waals surface area (Å²) in [5.41, 5.74) is 0. The van der Waals surface area contributed by atoms with Crippen molar-refractivity contribution in [2.75, 3.05) is 26.4 Å². The maximum atomic E-state index is 11.2. The van der Waals surface area contributed by atoms with E-state index in [4.69, 9.17) is 9.47 Å². The van der Waals surface area contributed by atoms with Crippen molar-refractivity contribution in [2.24, 2.45) is 5.92 Å². The van der Waals surface area contributed by atoms with E-state index in [1.54, 1.807) is 0 Å². The minimum atomic E-state index is -0.0863. The van der Waals surface area contributed by atoms with Crippen LogP contribution < -0.4 is 5.32 Å². The van der Waals surface area contributed by atoms with E-state index in [0.717, 1.165) is 6.61 Å². The highest BCUT2D eigenvalue weighted by molar-refractivity contribution is 5.77. The molecule has 0 saturated heterocycles. The molecule has 1 amide bonds. The molecule has 0 spiro atoms. The van der Waals surface area contributed by atoms with Gasteiger partial charge in [-0.25, -0.2) is 0 Å². The Morgan fingerprint density at radius 3 is 2.47 bits per heavy atom. The maximum Gasteiger partial charge on any atom is 0.246 e. The molecule has 0 radical (unpaired) electrons. The van der Waals surface area contributed by atoms with Gasteiger partial charge in [-0.2, -0.15) is 0 Å². The minimum absolute atomic E-state index is 0.0863. The third-order valence-corrected chi connectivity index (χ3v) is 1.57. The Morgan fingerprint density at radius 1 is 1.27 bits per heavy atom. The van der Waals surface area contributed by atoms with Crippen molar-refractivity contribution in [3.8, 4) is 0 Å². The molecule has 90 valence electrons. The molecule has 0 aromatic rings. The van der Waals surface area contributed by atoms with E-state index in [0.29, 0.717) is 19.1 Å². The summed E-state index contributed by atoms with van der Waals surface area (Å²) < 4.78 is 10.5. The fraction of sp³-hybridized carbons (Fsp3) is 0.909. The van der Waals surface area contributed by atoms with E-state index in [1.165, 1.54) is 0 Å². The quantitative estimate of drug-likeness (QED) is 0.621. The highest BCUT2D eigenvalue weighted by atomic mass is 16.5. The fourth-order valence-corrected chi connectivity index (χ4v) is 0.875. The van der Waals surface area contributed by atoms with Crippen molar-refractivity contribution in [2.45, 2.75) is 33.8 Å². The molecule has 0 heterocycles. The van der Waals surface area contributed by atoms with Crippen LogP contribution in [0, 0.1) is 5.92 Å². The number of carbonyl (C=O) groups excluding carboxylic acids is 1. The lowest BCUT2D eigenvalue weighted by Gasteiger charge is -2.09. The Morgan fingerprint density at radius 2 is 1.93 bits per heavy atom. The van der Waals surface area contributed by atoms with Gasteiger partial charge in [0.1, 0.15) is 6.61 Å². The Hall–Kier alpha value is -0.610. The zero-order chi connectivity index (χ0) is 11.7. The van der Waals surface area contributed by atoms with Crippen LogP contribution in [0.4, 0.5) is 0 Å². The van der Waals surface area contributed by atoms with Gasteiger partial charge in [0.2, 0.25) is 5.91 Å². The third-order valence-electron chi connectivity index (χ3n) is 1.57. The number of hydrogen-bond acceptors (Lipinski definition) is 3. The molecule has 0 aliphatic rings. The molecule has 4 nitrogen and oxygen atoms in total. The van der Waals surface area contributed by atoms with Crippen molar-refractivity contribution < 1.29 is 14.3 Å². The van der Waals surface area contributed by atoms with Gasteiger partial charge in [-0.15, -0.1) is 0 Å². The minimum Gasteiger partial charge on any atom is -0.379 e. The molecule has 1 N–H and O–H groups in total. The lowest BCUT2D eigenvalue weighted by Crippen LogP contribution is -2.31. The van der Waals surface area contributed by atoms with Crippen LogP contribution in [0.5, 0.6) is 0 Å². The van der Waals surface area contributed by atoms with E-state index >= 15 is 0 Å². The molecule has 0 fully saturated rings. The van der Waals surface area contributed by atoms with Crippen LogP contribution in [0.1, 0.15) is 27.7 Å². The highest BCUT2D eigenvalue weighted by Gasteiger charge is 2.02. The van der Waals surface area contributed by atoms with Gasteiger partial charge in [-0.1, -0.05) is 13.8 Å². The summed E-state index contributed by atoms with van der Waals surface area (Å²) in [4.78, 5) is 11.2. The summed E-state index contributed by atoms with van der Waals surface area (Å²) in [7, 11) is 0. The zero-order valence-electron chi connectivity index (χ0n) is 10.2. The lowest BCUT2D eigenvalue weighted by atomic mass is 10.2. The maximum absolute atomic E-state index is 11.2. The monoisotopic (exact) mass is 217 g/mol. The molecule has 0 saturated carbocycles. The molecule has 0 aromatic carbocycles.